The lowest BCUT2D eigenvalue weighted by atomic mass is 10.1. The molecule has 0 saturated heterocycles. The number of carbonyl (C=O) groups excluding carboxylic acids is 1. The van der Waals surface area contributed by atoms with E-state index in [0.717, 1.165) is 17.6 Å². The number of alkyl halides is 3. The van der Waals surface area contributed by atoms with Gasteiger partial charge in [-0.05, 0) is 67.4 Å². The van der Waals surface area contributed by atoms with E-state index in [9.17, 15) is 26.4 Å². The molecule has 0 saturated carbocycles. The highest BCUT2D eigenvalue weighted by atomic mass is 32.2. The standard InChI is InChI=1S/C28H28F3N3O3S/c1-4-38(36,37)23-12-7-20(8-13-23)16-27(35)32-22-11-14-25-24(17-22)33-26(34(25)18(2)3)15-19-5-9-21(10-6-19)28(29,30)31/h5-14,17-18H,4,15-16H2,1-3H3,(H,32,35). The van der Waals surface area contributed by atoms with E-state index in [4.69, 9.17) is 4.98 Å². The van der Waals surface area contributed by atoms with Gasteiger partial charge in [-0.3, -0.25) is 4.79 Å². The lowest BCUT2D eigenvalue weighted by molar-refractivity contribution is -0.137. The molecule has 0 spiro atoms. The molecule has 1 aromatic heterocycles. The Kier molecular flexibility index (Phi) is 7.64. The van der Waals surface area contributed by atoms with Gasteiger partial charge in [0.2, 0.25) is 5.91 Å². The fourth-order valence-electron chi connectivity index (χ4n) is 4.29. The Hall–Kier alpha value is -3.66. The first-order valence-corrected chi connectivity index (χ1v) is 13.8. The minimum Gasteiger partial charge on any atom is -0.326 e. The van der Waals surface area contributed by atoms with Crippen LogP contribution in [0.1, 0.15) is 49.3 Å². The van der Waals surface area contributed by atoms with E-state index in [2.05, 4.69) is 5.32 Å². The van der Waals surface area contributed by atoms with Gasteiger partial charge in [0, 0.05) is 18.2 Å². The summed E-state index contributed by atoms with van der Waals surface area (Å²) in [5.41, 5.74) is 2.77. The van der Waals surface area contributed by atoms with Crippen molar-refractivity contribution in [2.45, 2.75) is 50.7 Å². The van der Waals surface area contributed by atoms with E-state index in [1.807, 2.05) is 24.5 Å². The molecule has 1 heterocycles. The van der Waals surface area contributed by atoms with Gasteiger partial charge in [0.05, 0.1) is 33.7 Å². The number of amides is 1. The molecule has 3 aromatic carbocycles. The first kappa shape index (κ1) is 27.4. The predicted molar refractivity (Wildman–Crippen MR) is 141 cm³/mol. The molecule has 0 unspecified atom stereocenters. The molecule has 4 aromatic rings. The van der Waals surface area contributed by atoms with Crippen LogP contribution in [0.2, 0.25) is 0 Å². The molecule has 0 fully saturated rings. The van der Waals surface area contributed by atoms with E-state index < -0.39 is 21.6 Å². The fraction of sp³-hybridized carbons (Fsp3) is 0.286. The third-order valence-corrected chi connectivity index (χ3v) is 7.98. The molecule has 0 aliphatic rings. The Morgan fingerprint density at radius 1 is 0.974 bits per heavy atom. The van der Waals surface area contributed by atoms with Crippen LogP contribution in [0.15, 0.2) is 71.6 Å². The predicted octanol–water partition coefficient (Wildman–Crippen LogP) is 6.20. The van der Waals surface area contributed by atoms with Gasteiger partial charge in [-0.25, -0.2) is 13.4 Å². The average molecular weight is 544 g/mol. The molecule has 10 heteroatoms. The minimum absolute atomic E-state index is 0.00787. The molecule has 38 heavy (non-hydrogen) atoms. The lowest BCUT2D eigenvalue weighted by Crippen LogP contribution is -2.14. The summed E-state index contributed by atoms with van der Waals surface area (Å²) in [5.74, 6) is 0.456. The maximum atomic E-state index is 12.9. The van der Waals surface area contributed by atoms with Crippen molar-refractivity contribution in [1.29, 1.82) is 0 Å². The number of nitrogens with zero attached hydrogens (tertiary/aromatic N) is 2. The monoisotopic (exact) mass is 543 g/mol. The first-order valence-electron chi connectivity index (χ1n) is 12.2. The molecule has 0 aliphatic carbocycles. The molecule has 1 N–H and O–H groups in total. The summed E-state index contributed by atoms with van der Waals surface area (Å²) in [7, 11) is -3.30. The number of sulfone groups is 1. The summed E-state index contributed by atoms with van der Waals surface area (Å²) in [4.78, 5) is 17.6. The van der Waals surface area contributed by atoms with Crippen LogP contribution in [0, 0.1) is 0 Å². The van der Waals surface area contributed by atoms with E-state index in [1.165, 1.54) is 24.3 Å². The van der Waals surface area contributed by atoms with Crippen molar-refractivity contribution < 1.29 is 26.4 Å². The number of benzene rings is 3. The van der Waals surface area contributed by atoms with Crippen LogP contribution in [0.25, 0.3) is 11.0 Å². The van der Waals surface area contributed by atoms with Gasteiger partial charge in [-0.2, -0.15) is 13.2 Å². The highest BCUT2D eigenvalue weighted by Gasteiger charge is 2.30. The van der Waals surface area contributed by atoms with Crippen molar-refractivity contribution in [3.05, 3.63) is 89.2 Å². The van der Waals surface area contributed by atoms with Gasteiger partial charge < -0.3 is 9.88 Å². The Balaban J connectivity index is 1.52. The Bertz CT molecular complexity index is 1560. The van der Waals surface area contributed by atoms with Crippen molar-refractivity contribution in [2.75, 3.05) is 11.1 Å². The van der Waals surface area contributed by atoms with Gasteiger partial charge in [0.1, 0.15) is 5.82 Å². The second-order valence-electron chi connectivity index (χ2n) is 9.34. The van der Waals surface area contributed by atoms with Crippen LogP contribution in [0.5, 0.6) is 0 Å². The van der Waals surface area contributed by atoms with Gasteiger partial charge in [0.15, 0.2) is 9.84 Å². The van der Waals surface area contributed by atoms with Gasteiger partial charge in [0.25, 0.3) is 0 Å². The molecule has 0 radical (unpaired) electrons. The van der Waals surface area contributed by atoms with Gasteiger partial charge in [-0.1, -0.05) is 31.2 Å². The Labute approximate surface area is 219 Å². The number of anilines is 1. The summed E-state index contributed by atoms with van der Waals surface area (Å²) in [6.07, 6.45) is -3.95. The normalized spacial score (nSPS) is 12.3. The molecule has 4 rings (SSSR count). The molecule has 0 atom stereocenters. The summed E-state index contributed by atoms with van der Waals surface area (Å²) in [6, 6.07) is 16.8. The van der Waals surface area contributed by atoms with Gasteiger partial charge in [-0.15, -0.1) is 0 Å². The van der Waals surface area contributed by atoms with E-state index >= 15 is 0 Å². The van der Waals surface area contributed by atoms with Crippen LogP contribution in [-0.2, 0) is 33.6 Å². The van der Waals surface area contributed by atoms with Crippen molar-refractivity contribution in [2.24, 2.45) is 0 Å². The van der Waals surface area contributed by atoms with Crippen molar-refractivity contribution in [1.82, 2.24) is 9.55 Å². The number of carbonyl (C=O) groups is 1. The second kappa shape index (κ2) is 10.6. The number of rotatable bonds is 8. The van der Waals surface area contributed by atoms with Crippen LogP contribution in [0.3, 0.4) is 0 Å². The minimum atomic E-state index is -4.39. The summed E-state index contributed by atoms with van der Waals surface area (Å²) in [6.45, 7) is 5.59. The van der Waals surface area contributed by atoms with Crippen molar-refractivity contribution in [3.8, 4) is 0 Å². The Morgan fingerprint density at radius 3 is 2.18 bits per heavy atom. The molecular weight excluding hydrogens is 515 g/mol. The van der Waals surface area contributed by atoms with E-state index in [0.29, 0.717) is 34.6 Å². The zero-order chi connectivity index (χ0) is 27.7. The summed E-state index contributed by atoms with van der Waals surface area (Å²) in [5, 5.41) is 2.85. The maximum absolute atomic E-state index is 12.9. The highest BCUT2D eigenvalue weighted by Crippen LogP contribution is 2.30. The van der Waals surface area contributed by atoms with Crippen LogP contribution in [0.4, 0.5) is 18.9 Å². The molecule has 0 bridgehead atoms. The fourth-order valence-corrected chi connectivity index (χ4v) is 5.18. The zero-order valence-electron chi connectivity index (χ0n) is 21.2. The second-order valence-corrected chi connectivity index (χ2v) is 11.6. The molecule has 0 aliphatic heterocycles. The van der Waals surface area contributed by atoms with Crippen LogP contribution >= 0.6 is 0 Å². The van der Waals surface area contributed by atoms with E-state index in [-0.39, 0.29) is 29.0 Å². The van der Waals surface area contributed by atoms with Crippen LogP contribution in [-0.4, -0.2) is 29.6 Å². The molecule has 1 amide bonds. The quantitative estimate of drug-likeness (QED) is 0.287. The number of aromatic nitrogens is 2. The Morgan fingerprint density at radius 2 is 1.61 bits per heavy atom. The number of nitrogens with one attached hydrogen (secondary N) is 1. The average Bonchev–Trinajstić information content (AvgIpc) is 3.21. The molecule has 6 nitrogen and oxygen atoms in total. The maximum Gasteiger partial charge on any atom is 0.416 e. The number of hydrogen-bond donors (Lipinski definition) is 1. The third kappa shape index (κ3) is 6.07. The number of fused-ring (bicyclic) bond motifs is 1. The van der Waals surface area contributed by atoms with Gasteiger partial charge >= 0.3 is 6.18 Å². The molecular formula is C28H28F3N3O3S. The van der Waals surface area contributed by atoms with Crippen molar-refractivity contribution >= 4 is 32.5 Å². The SMILES string of the molecule is CCS(=O)(=O)c1ccc(CC(=O)Nc2ccc3c(c2)nc(Cc2ccc(C(F)(F)F)cc2)n3C(C)C)cc1. The van der Waals surface area contributed by atoms with Crippen LogP contribution < -0.4 is 5.32 Å². The lowest BCUT2D eigenvalue weighted by Gasteiger charge is -2.14. The highest BCUT2D eigenvalue weighted by molar-refractivity contribution is 7.91. The topological polar surface area (TPSA) is 81.1 Å². The summed E-state index contributed by atoms with van der Waals surface area (Å²) >= 11 is 0. The largest absolute Gasteiger partial charge is 0.416 e. The zero-order valence-corrected chi connectivity index (χ0v) is 22.0. The van der Waals surface area contributed by atoms with Crippen molar-refractivity contribution in [3.63, 3.8) is 0 Å². The molecule has 200 valence electrons. The smallest absolute Gasteiger partial charge is 0.326 e. The number of halogens is 3. The third-order valence-electron chi connectivity index (χ3n) is 6.23. The summed E-state index contributed by atoms with van der Waals surface area (Å²) < 4.78 is 64.7. The number of hydrogen-bond acceptors (Lipinski definition) is 4. The van der Waals surface area contributed by atoms with E-state index in [1.54, 1.807) is 31.2 Å². The number of imidazole rings is 1. The first-order chi connectivity index (χ1) is 17.9.